The highest BCUT2D eigenvalue weighted by atomic mass is 15.3. The molecule has 1 fully saturated rings. The van der Waals surface area contributed by atoms with Gasteiger partial charge in [0.2, 0.25) is 0 Å². The van der Waals surface area contributed by atoms with Crippen LogP contribution in [0, 0.1) is 0 Å². The zero-order chi connectivity index (χ0) is 15.0. The van der Waals surface area contributed by atoms with Gasteiger partial charge in [-0.25, -0.2) is 0 Å². The Kier molecular flexibility index (Phi) is 8.69. The molecule has 20 heavy (non-hydrogen) atoms. The normalized spacial score (nSPS) is 18.6. The lowest BCUT2D eigenvalue weighted by Crippen LogP contribution is -2.47. The van der Waals surface area contributed by atoms with Gasteiger partial charge in [-0.3, -0.25) is 0 Å². The molecule has 0 aliphatic carbocycles. The van der Waals surface area contributed by atoms with Gasteiger partial charge < -0.3 is 19.6 Å². The Hall–Kier alpha value is -0.160. The molecule has 0 unspecified atom stereocenters. The zero-order valence-electron chi connectivity index (χ0n) is 14.4. The van der Waals surface area contributed by atoms with Crippen LogP contribution in [0.4, 0.5) is 0 Å². The summed E-state index contributed by atoms with van der Waals surface area (Å²) in [6.45, 7) is 14.5. The van der Waals surface area contributed by atoms with Crippen LogP contribution in [-0.2, 0) is 0 Å². The average molecular weight is 284 g/mol. The van der Waals surface area contributed by atoms with Crippen LogP contribution in [0.3, 0.4) is 0 Å². The minimum Gasteiger partial charge on any atom is -0.309 e. The lowest BCUT2D eigenvalue weighted by atomic mass is 10.2. The van der Waals surface area contributed by atoms with Crippen molar-refractivity contribution in [3.8, 4) is 0 Å². The van der Waals surface area contributed by atoms with Gasteiger partial charge in [0, 0.05) is 32.2 Å². The first-order valence-corrected chi connectivity index (χ1v) is 8.28. The fourth-order valence-electron chi connectivity index (χ4n) is 2.65. The first kappa shape index (κ1) is 17.9. The van der Waals surface area contributed by atoms with E-state index in [0.717, 1.165) is 0 Å². The number of rotatable bonds is 9. The minimum absolute atomic E-state index is 0.670. The highest BCUT2D eigenvalue weighted by molar-refractivity contribution is 4.72. The molecule has 1 aliphatic rings. The summed E-state index contributed by atoms with van der Waals surface area (Å²) in [6, 6.07) is 0.670. The van der Waals surface area contributed by atoms with E-state index in [1.807, 2.05) is 0 Å². The Labute approximate surface area is 126 Å². The summed E-state index contributed by atoms with van der Waals surface area (Å²) in [6.07, 6.45) is 2.60. The summed E-state index contributed by atoms with van der Waals surface area (Å²) in [5, 5.41) is 0. The van der Waals surface area contributed by atoms with Crippen molar-refractivity contribution >= 4 is 0 Å². The molecule has 0 amide bonds. The van der Waals surface area contributed by atoms with Crippen molar-refractivity contribution in [3.63, 3.8) is 0 Å². The summed E-state index contributed by atoms with van der Waals surface area (Å²) in [7, 11) is 6.55. The first-order valence-electron chi connectivity index (χ1n) is 8.28. The molecule has 0 aromatic heterocycles. The minimum atomic E-state index is 0.670. The van der Waals surface area contributed by atoms with Crippen LogP contribution < -0.4 is 0 Å². The third kappa shape index (κ3) is 7.58. The second kappa shape index (κ2) is 9.72. The van der Waals surface area contributed by atoms with Crippen LogP contribution in [-0.4, -0.2) is 99.1 Å². The van der Waals surface area contributed by atoms with Gasteiger partial charge >= 0.3 is 0 Å². The Morgan fingerprint density at radius 2 is 1.25 bits per heavy atom. The van der Waals surface area contributed by atoms with Crippen molar-refractivity contribution in [2.75, 3.05) is 73.5 Å². The molecule has 0 aromatic rings. The largest absolute Gasteiger partial charge is 0.309 e. The van der Waals surface area contributed by atoms with Crippen molar-refractivity contribution in [1.82, 2.24) is 19.6 Å². The summed E-state index contributed by atoms with van der Waals surface area (Å²) >= 11 is 0. The fourth-order valence-corrected chi connectivity index (χ4v) is 2.65. The van der Waals surface area contributed by atoms with Crippen LogP contribution >= 0.6 is 0 Å². The second-order valence-corrected chi connectivity index (χ2v) is 6.77. The van der Waals surface area contributed by atoms with E-state index in [1.54, 1.807) is 0 Å². The van der Waals surface area contributed by atoms with Crippen molar-refractivity contribution in [2.45, 2.75) is 32.7 Å². The van der Waals surface area contributed by atoms with E-state index in [1.165, 1.54) is 65.2 Å². The van der Waals surface area contributed by atoms with E-state index in [-0.39, 0.29) is 0 Å². The molecule has 0 bridgehead atoms. The lowest BCUT2D eigenvalue weighted by Gasteiger charge is -2.35. The maximum atomic E-state index is 2.64. The monoisotopic (exact) mass is 284 g/mol. The summed E-state index contributed by atoms with van der Waals surface area (Å²) in [5.74, 6) is 0. The molecule has 0 aromatic carbocycles. The third-order valence-electron chi connectivity index (χ3n) is 4.41. The van der Waals surface area contributed by atoms with Gasteiger partial charge in [-0.05, 0) is 74.0 Å². The van der Waals surface area contributed by atoms with Crippen LogP contribution in [0.15, 0.2) is 0 Å². The average Bonchev–Trinajstić information content (AvgIpc) is 2.40. The molecule has 0 spiro atoms. The molecule has 4 heteroatoms. The van der Waals surface area contributed by atoms with Crippen molar-refractivity contribution in [1.29, 1.82) is 0 Å². The maximum absolute atomic E-state index is 2.64. The van der Waals surface area contributed by atoms with E-state index in [4.69, 9.17) is 0 Å². The Morgan fingerprint density at radius 1 is 0.800 bits per heavy atom. The van der Waals surface area contributed by atoms with Crippen LogP contribution in [0.5, 0.6) is 0 Å². The molecular formula is C16H36N4. The molecule has 120 valence electrons. The molecule has 4 nitrogen and oxygen atoms in total. The van der Waals surface area contributed by atoms with Crippen molar-refractivity contribution in [2.24, 2.45) is 0 Å². The molecule has 0 saturated carbocycles. The molecule has 1 aliphatic heterocycles. The molecule has 1 saturated heterocycles. The van der Waals surface area contributed by atoms with Crippen LogP contribution in [0.2, 0.25) is 0 Å². The quantitative estimate of drug-likeness (QED) is 0.632. The number of piperazine rings is 1. The highest BCUT2D eigenvalue weighted by Gasteiger charge is 2.16. The van der Waals surface area contributed by atoms with E-state index in [2.05, 4.69) is 54.6 Å². The summed E-state index contributed by atoms with van der Waals surface area (Å²) < 4.78 is 0. The smallest absolute Gasteiger partial charge is 0.0110 e. The number of nitrogens with zero attached hydrogens (tertiary/aromatic N) is 4. The van der Waals surface area contributed by atoms with Crippen LogP contribution in [0.1, 0.15) is 26.7 Å². The number of hydrogen-bond donors (Lipinski definition) is 0. The van der Waals surface area contributed by atoms with E-state index < -0.39 is 0 Å². The third-order valence-corrected chi connectivity index (χ3v) is 4.41. The highest BCUT2D eigenvalue weighted by Crippen LogP contribution is 2.04. The van der Waals surface area contributed by atoms with Gasteiger partial charge in [-0.1, -0.05) is 0 Å². The lowest BCUT2D eigenvalue weighted by molar-refractivity contribution is 0.123. The first-order chi connectivity index (χ1) is 9.49. The molecule has 0 atom stereocenters. The topological polar surface area (TPSA) is 13.0 Å². The van der Waals surface area contributed by atoms with E-state index in [0.29, 0.717) is 6.04 Å². The van der Waals surface area contributed by atoms with Gasteiger partial charge in [0.25, 0.3) is 0 Å². The zero-order valence-corrected chi connectivity index (χ0v) is 14.4. The predicted molar refractivity (Wildman–Crippen MR) is 88.4 cm³/mol. The SMILES string of the molecule is CC(C)N(C)CCCN1CCN(CCCN(C)C)CC1. The molecule has 1 rings (SSSR count). The summed E-state index contributed by atoms with van der Waals surface area (Å²) in [4.78, 5) is 9.98. The van der Waals surface area contributed by atoms with Gasteiger partial charge in [0.15, 0.2) is 0 Å². The van der Waals surface area contributed by atoms with Crippen LogP contribution in [0.25, 0.3) is 0 Å². The van der Waals surface area contributed by atoms with Gasteiger partial charge in [-0.15, -0.1) is 0 Å². The summed E-state index contributed by atoms with van der Waals surface area (Å²) in [5.41, 5.74) is 0. The Morgan fingerprint density at radius 3 is 1.65 bits per heavy atom. The fraction of sp³-hybridized carbons (Fsp3) is 1.00. The number of hydrogen-bond acceptors (Lipinski definition) is 4. The molecule has 0 radical (unpaired) electrons. The van der Waals surface area contributed by atoms with Gasteiger partial charge in [0.05, 0.1) is 0 Å². The molecular weight excluding hydrogens is 248 g/mol. The van der Waals surface area contributed by atoms with E-state index >= 15 is 0 Å². The molecule has 0 N–H and O–H groups in total. The Balaban J connectivity index is 2.04. The maximum Gasteiger partial charge on any atom is 0.0110 e. The van der Waals surface area contributed by atoms with Gasteiger partial charge in [0.1, 0.15) is 0 Å². The van der Waals surface area contributed by atoms with E-state index in [9.17, 15) is 0 Å². The van der Waals surface area contributed by atoms with Crippen molar-refractivity contribution < 1.29 is 0 Å². The second-order valence-electron chi connectivity index (χ2n) is 6.77. The predicted octanol–water partition coefficient (Wildman–Crippen LogP) is 1.29. The van der Waals surface area contributed by atoms with Crippen molar-refractivity contribution in [3.05, 3.63) is 0 Å². The molecule has 1 heterocycles. The Bertz CT molecular complexity index is 235. The van der Waals surface area contributed by atoms with Gasteiger partial charge in [-0.2, -0.15) is 0 Å². The standard InChI is InChI=1S/C16H36N4/c1-16(2)18(5)9-7-11-20-14-12-19(13-15-20)10-6-8-17(3)4/h16H,6-15H2,1-5H3.